The van der Waals surface area contributed by atoms with Crippen molar-refractivity contribution in [3.63, 3.8) is 0 Å². The Bertz CT molecular complexity index is 543. The van der Waals surface area contributed by atoms with E-state index in [1.807, 2.05) is 44.2 Å². The van der Waals surface area contributed by atoms with Gasteiger partial charge in [-0.15, -0.1) is 0 Å². The zero-order valence-corrected chi connectivity index (χ0v) is 21.1. The number of halogens is 1. The number of rotatable bonds is 4. The zero-order valence-electron chi connectivity index (χ0n) is 14.8. The fourth-order valence-corrected chi connectivity index (χ4v) is 3.08. The number of ether oxygens (including phenoxy) is 3. The summed E-state index contributed by atoms with van der Waals surface area (Å²) in [6, 6.07) is 9.78. The van der Waals surface area contributed by atoms with E-state index in [0.717, 1.165) is 24.9 Å². The van der Waals surface area contributed by atoms with E-state index in [4.69, 9.17) is 14.2 Å². The smallest absolute Gasteiger partial charge is 1.00 e. The molecule has 0 aromatic heterocycles. The van der Waals surface area contributed by atoms with Crippen molar-refractivity contribution in [2.45, 2.75) is 51.2 Å². The second-order valence-electron chi connectivity index (χ2n) is 6.50. The van der Waals surface area contributed by atoms with Crippen molar-refractivity contribution in [3.05, 3.63) is 42.3 Å². The molecule has 0 bridgehead atoms. The molecule has 0 saturated carbocycles. The molecule has 7 heteroatoms. The van der Waals surface area contributed by atoms with Gasteiger partial charge in [-0.3, -0.25) is 0 Å². The molecule has 2 atom stereocenters. The molecule has 1 aromatic rings. The number of benzene rings is 1. The van der Waals surface area contributed by atoms with E-state index in [0.29, 0.717) is 13.2 Å². The molecular formula is C18H24ClHgNO4. The van der Waals surface area contributed by atoms with Crippen molar-refractivity contribution in [1.82, 2.24) is 4.90 Å². The molecule has 2 radical (unpaired) electrons. The van der Waals surface area contributed by atoms with Crippen molar-refractivity contribution < 1.29 is 59.1 Å². The predicted octanol–water partition coefficient (Wildman–Crippen LogP) is 0.145. The number of hydrogen-bond acceptors (Lipinski definition) is 4. The second-order valence-corrected chi connectivity index (χ2v) is 6.50. The summed E-state index contributed by atoms with van der Waals surface area (Å²) in [5.74, 6) is -0.543. The van der Waals surface area contributed by atoms with Crippen LogP contribution < -0.4 is 12.4 Å². The van der Waals surface area contributed by atoms with Gasteiger partial charge in [-0.2, -0.15) is 0 Å². The van der Waals surface area contributed by atoms with Gasteiger partial charge in [0.15, 0.2) is 5.79 Å². The molecule has 2 aliphatic heterocycles. The fraction of sp³-hybridized carbons (Fsp3) is 0.556. The van der Waals surface area contributed by atoms with Gasteiger partial charge in [0.1, 0.15) is 6.61 Å². The minimum absolute atomic E-state index is 0. The molecule has 0 unspecified atom stereocenters. The number of amides is 1. The van der Waals surface area contributed by atoms with Gasteiger partial charge in [0.2, 0.25) is 0 Å². The zero-order chi connectivity index (χ0) is 16.3. The van der Waals surface area contributed by atoms with Crippen molar-refractivity contribution in [2.24, 2.45) is 0 Å². The summed E-state index contributed by atoms with van der Waals surface area (Å²) in [5.41, 5.74) is 0.995. The van der Waals surface area contributed by atoms with Crippen LogP contribution in [-0.2, 0) is 48.5 Å². The van der Waals surface area contributed by atoms with Crippen molar-refractivity contribution in [1.29, 1.82) is 0 Å². The Kier molecular flexibility index (Phi) is 9.16. The molecule has 2 aliphatic rings. The Balaban J connectivity index is 0.00000156. The Morgan fingerprint density at radius 3 is 2.72 bits per heavy atom. The van der Waals surface area contributed by atoms with Crippen LogP contribution in [0, 0.1) is 6.42 Å². The van der Waals surface area contributed by atoms with E-state index < -0.39 is 5.79 Å². The van der Waals surface area contributed by atoms with Gasteiger partial charge in [0.25, 0.3) is 0 Å². The van der Waals surface area contributed by atoms with Gasteiger partial charge in [0, 0.05) is 19.0 Å². The molecule has 0 N–H and O–H groups in total. The molecule has 2 fully saturated rings. The van der Waals surface area contributed by atoms with Crippen LogP contribution in [0.25, 0.3) is 0 Å². The summed E-state index contributed by atoms with van der Waals surface area (Å²) in [5, 5.41) is 0. The van der Waals surface area contributed by atoms with E-state index in [9.17, 15) is 4.79 Å². The number of carbonyl (C=O) groups excluding carboxylic acids is 1. The standard InChI is InChI=1S/C18H24NO4.ClH.Hg/c1-18(2)22-13-16(23-18)11-15-9-6-10-19(15)17(20)21-12-14-7-4-3-5-8-14;;/h3-5,7-8,11,15-16H,6,9-10,12-13H2,1-2H3;1H;/q;;+1/p-1/t15-,16+;;/m1../s1. The number of nitrogens with zero attached hydrogens (tertiary/aromatic N) is 1. The average molecular weight is 554 g/mol. The predicted molar refractivity (Wildman–Crippen MR) is 85.6 cm³/mol. The number of carbonyl (C=O) groups is 1. The van der Waals surface area contributed by atoms with Crippen LogP contribution in [0.3, 0.4) is 0 Å². The first kappa shape index (κ1) is 22.7. The molecule has 25 heavy (non-hydrogen) atoms. The van der Waals surface area contributed by atoms with Gasteiger partial charge in [-0.25, -0.2) is 4.79 Å². The fourth-order valence-electron chi connectivity index (χ4n) is 3.08. The molecule has 5 nitrogen and oxygen atoms in total. The van der Waals surface area contributed by atoms with E-state index in [1.165, 1.54) is 0 Å². The van der Waals surface area contributed by atoms with Crippen LogP contribution in [0.15, 0.2) is 30.3 Å². The molecule has 0 aliphatic carbocycles. The van der Waals surface area contributed by atoms with E-state index >= 15 is 0 Å². The second kappa shape index (κ2) is 10.1. The van der Waals surface area contributed by atoms with E-state index in [-0.39, 0.29) is 58.3 Å². The molecule has 1 aromatic carbocycles. The van der Waals surface area contributed by atoms with Crippen LogP contribution in [0.4, 0.5) is 4.79 Å². The van der Waals surface area contributed by atoms with E-state index in [2.05, 4.69) is 6.42 Å². The first-order valence-corrected chi connectivity index (χ1v) is 8.17. The Morgan fingerprint density at radius 2 is 2.08 bits per heavy atom. The SMILES string of the molecule is CC1(C)OC[C@H]([CH][C@H]2CCCN2C(=O)OCc2ccccc2)O1.[Cl-].[Hg+]. The molecule has 2 saturated heterocycles. The summed E-state index contributed by atoms with van der Waals surface area (Å²) >= 11 is 0. The third-order valence-corrected chi connectivity index (χ3v) is 4.21. The van der Waals surface area contributed by atoms with Crippen molar-refractivity contribution >= 4 is 6.09 Å². The van der Waals surface area contributed by atoms with Gasteiger partial charge in [-0.1, -0.05) is 30.3 Å². The average Bonchev–Trinajstić information content (AvgIpc) is 3.12. The maximum atomic E-state index is 12.3. The topological polar surface area (TPSA) is 48.0 Å². The van der Waals surface area contributed by atoms with Crippen molar-refractivity contribution in [2.75, 3.05) is 13.2 Å². The maximum absolute atomic E-state index is 12.3. The minimum atomic E-state index is -0.543. The van der Waals surface area contributed by atoms with E-state index in [1.54, 1.807) is 4.90 Å². The normalized spacial score (nSPS) is 24.3. The monoisotopic (exact) mass is 555 g/mol. The van der Waals surface area contributed by atoms with Crippen LogP contribution in [0.5, 0.6) is 0 Å². The molecule has 134 valence electrons. The molecule has 2 heterocycles. The summed E-state index contributed by atoms with van der Waals surface area (Å²) in [6.07, 6.45) is 3.67. The van der Waals surface area contributed by atoms with Gasteiger partial charge < -0.3 is 31.5 Å². The Hall–Kier alpha value is -0.365. The van der Waals surface area contributed by atoms with Gasteiger partial charge in [0.05, 0.1) is 12.7 Å². The summed E-state index contributed by atoms with van der Waals surface area (Å²) in [7, 11) is 0. The molecular weight excluding hydrogens is 530 g/mol. The first-order valence-electron chi connectivity index (χ1n) is 8.17. The Morgan fingerprint density at radius 1 is 1.36 bits per heavy atom. The first-order chi connectivity index (χ1) is 11.0. The largest absolute Gasteiger partial charge is 1.00 e. The Labute approximate surface area is 176 Å². The van der Waals surface area contributed by atoms with Crippen LogP contribution in [0.2, 0.25) is 0 Å². The maximum Gasteiger partial charge on any atom is 1.00 e. The van der Waals surface area contributed by atoms with Crippen molar-refractivity contribution in [3.8, 4) is 0 Å². The van der Waals surface area contributed by atoms with Crippen LogP contribution in [0.1, 0.15) is 32.3 Å². The number of hydrogen-bond donors (Lipinski definition) is 0. The summed E-state index contributed by atoms with van der Waals surface area (Å²) in [6.45, 7) is 5.38. The van der Waals surface area contributed by atoms with Gasteiger partial charge in [-0.05, 0) is 32.3 Å². The number of likely N-dealkylation sites (tertiary alicyclic amines) is 1. The quantitative estimate of drug-likeness (QED) is 0.498. The molecule has 3 rings (SSSR count). The minimum Gasteiger partial charge on any atom is -1.00 e. The third-order valence-electron chi connectivity index (χ3n) is 4.21. The summed E-state index contributed by atoms with van der Waals surface area (Å²) in [4.78, 5) is 14.1. The summed E-state index contributed by atoms with van der Waals surface area (Å²) < 4.78 is 16.8. The molecule has 1 amide bonds. The molecule has 0 spiro atoms. The van der Waals surface area contributed by atoms with Gasteiger partial charge >= 0.3 is 33.8 Å². The third kappa shape index (κ3) is 6.38. The van der Waals surface area contributed by atoms with Crippen LogP contribution >= 0.6 is 0 Å². The van der Waals surface area contributed by atoms with Crippen LogP contribution in [-0.4, -0.2) is 42.1 Å².